The van der Waals surface area contributed by atoms with E-state index in [1.807, 2.05) is 20.8 Å². The normalized spacial score (nSPS) is 18.9. The largest absolute Gasteiger partial charge is 0.449 e. The van der Waals surface area contributed by atoms with E-state index < -0.39 is 29.7 Å². The van der Waals surface area contributed by atoms with E-state index in [4.69, 9.17) is 9.15 Å². The Labute approximate surface area is 189 Å². The summed E-state index contributed by atoms with van der Waals surface area (Å²) in [6.07, 6.45) is 2.81. The first-order chi connectivity index (χ1) is 15.0. The predicted octanol–water partition coefficient (Wildman–Crippen LogP) is 2.61. The average molecular weight is 450 g/mol. The van der Waals surface area contributed by atoms with Crippen molar-refractivity contribution in [3.05, 3.63) is 17.8 Å². The first-order valence-corrected chi connectivity index (χ1v) is 11.2. The molecule has 9 nitrogen and oxygen atoms in total. The first-order valence-electron chi connectivity index (χ1n) is 11.2. The van der Waals surface area contributed by atoms with E-state index in [2.05, 4.69) is 15.6 Å². The van der Waals surface area contributed by atoms with Crippen LogP contribution in [0.25, 0.3) is 0 Å². The van der Waals surface area contributed by atoms with Crippen molar-refractivity contribution in [1.29, 1.82) is 0 Å². The number of amides is 2. The molecule has 2 heterocycles. The quantitative estimate of drug-likeness (QED) is 0.639. The number of oxazole rings is 1. The Morgan fingerprint density at radius 3 is 2.66 bits per heavy atom. The van der Waals surface area contributed by atoms with E-state index in [0.717, 1.165) is 6.42 Å². The third-order valence-corrected chi connectivity index (χ3v) is 5.12. The van der Waals surface area contributed by atoms with Gasteiger partial charge in [-0.05, 0) is 24.2 Å². The van der Waals surface area contributed by atoms with Gasteiger partial charge in [-0.25, -0.2) is 9.78 Å². The second-order valence-corrected chi connectivity index (χ2v) is 9.88. The third kappa shape index (κ3) is 8.09. The summed E-state index contributed by atoms with van der Waals surface area (Å²) >= 11 is 0. The number of hydrogen-bond donors (Lipinski definition) is 2. The Hall–Kier alpha value is -2.71. The zero-order chi connectivity index (χ0) is 23.9. The van der Waals surface area contributed by atoms with Crippen LogP contribution in [0.1, 0.15) is 65.5 Å². The van der Waals surface area contributed by atoms with Gasteiger partial charge in [0.15, 0.2) is 11.7 Å². The van der Waals surface area contributed by atoms with Gasteiger partial charge in [0.2, 0.25) is 5.78 Å². The van der Waals surface area contributed by atoms with Gasteiger partial charge in [-0.3, -0.25) is 14.4 Å². The Bertz CT molecular complexity index is 824. The Morgan fingerprint density at radius 1 is 1.28 bits per heavy atom. The lowest BCUT2D eigenvalue weighted by atomic mass is 9.87. The second kappa shape index (κ2) is 11.2. The number of carbonyl (C=O) groups excluding carboxylic acids is 4. The Balaban J connectivity index is 2.13. The number of aromatic nitrogens is 1. The molecule has 9 heteroatoms. The van der Waals surface area contributed by atoms with Crippen LogP contribution < -0.4 is 10.6 Å². The number of nitrogens with one attached hydrogen (secondary N) is 2. The monoisotopic (exact) mass is 449 g/mol. The number of rotatable bonds is 6. The van der Waals surface area contributed by atoms with Crippen LogP contribution in [-0.2, 0) is 32.0 Å². The fourth-order valence-corrected chi connectivity index (χ4v) is 3.38. The van der Waals surface area contributed by atoms with Crippen LogP contribution in [0.3, 0.4) is 0 Å². The van der Waals surface area contributed by atoms with Gasteiger partial charge in [-0.15, -0.1) is 0 Å². The summed E-state index contributed by atoms with van der Waals surface area (Å²) in [5, 5.41) is 5.25. The van der Waals surface area contributed by atoms with E-state index in [9.17, 15) is 19.2 Å². The summed E-state index contributed by atoms with van der Waals surface area (Å²) in [5.41, 5.74) is 0.316. The SMILES string of the molecule is CC(C)C(NC(=O)OCC(C)(C)C)C(=O)CC1Cc2coc(n2)CCCCNC(=O)C1=O. The molecule has 1 aliphatic rings. The predicted molar refractivity (Wildman–Crippen MR) is 117 cm³/mol. The minimum atomic E-state index is -0.895. The summed E-state index contributed by atoms with van der Waals surface area (Å²) in [7, 11) is 0. The van der Waals surface area contributed by atoms with Gasteiger partial charge >= 0.3 is 6.09 Å². The van der Waals surface area contributed by atoms with E-state index in [1.165, 1.54) is 6.26 Å². The summed E-state index contributed by atoms with van der Waals surface area (Å²) in [4.78, 5) is 54.8. The molecule has 2 bridgehead atoms. The van der Waals surface area contributed by atoms with Crippen molar-refractivity contribution < 1.29 is 28.3 Å². The van der Waals surface area contributed by atoms with Crippen molar-refractivity contribution >= 4 is 23.6 Å². The molecule has 1 aliphatic heterocycles. The third-order valence-electron chi connectivity index (χ3n) is 5.12. The molecule has 0 saturated carbocycles. The van der Waals surface area contributed by atoms with Crippen LogP contribution in [-0.4, -0.2) is 47.7 Å². The maximum Gasteiger partial charge on any atom is 0.407 e. The number of aryl methyl sites for hydroxylation is 1. The van der Waals surface area contributed by atoms with E-state index >= 15 is 0 Å². The lowest BCUT2D eigenvalue weighted by Gasteiger charge is -2.24. The van der Waals surface area contributed by atoms with E-state index in [1.54, 1.807) is 13.8 Å². The lowest BCUT2D eigenvalue weighted by Crippen LogP contribution is -2.47. The van der Waals surface area contributed by atoms with Crippen molar-refractivity contribution in [2.75, 3.05) is 13.2 Å². The highest BCUT2D eigenvalue weighted by Gasteiger charge is 2.33. The molecular formula is C23H35N3O6. The standard InChI is InChI=1S/C23H35N3O6/c1-14(2)19(26-22(30)32-13-23(3,4)5)17(27)11-15-10-16-12-31-18(25-16)8-6-7-9-24-21(29)20(15)28/h12,14-15,19H,6-11,13H2,1-5H3,(H,24,29)(H,26,30). The lowest BCUT2D eigenvalue weighted by molar-refractivity contribution is -0.141. The molecule has 0 aliphatic carbocycles. The topological polar surface area (TPSA) is 128 Å². The summed E-state index contributed by atoms with van der Waals surface area (Å²) in [5.74, 6) is -2.25. The number of Topliss-reactive ketones (excluding diaryl/α,β-unsaturated/α-hetero) is 2. The molecule has 1 aromatic rings. The number of alkyl carbamates (subject to hydrolysis) is 1. The molecular weight excluding hydrogens is 414 g/mol. The number of ketones is 2. The molecule has 2 N–H and O–H groups in total. The molecule has 0 spiro atoms. The number of ether oxygens (including phenoxy) is 1. The number of nitrogens with zero attached hydrogens (tertiary/aromatic N) is 1. The molecule has 0 saturated heterocycles. The molecule has 1 aromatic heterocycles. The van der Waals surface area contributed by atoms with Crippen molar-refractivity contribution in [3.8, 4) is 0 Å². The summed E-state index contributed by atoms with van der Waals surface area (Å²) in [6, 6.07) is -0.840. The number of carbonyl (C=O) groups is 4. The van der Waals surface area contributed by atoms with Gasteiger partial charge in [-0.2, -0.15) is 0 Å². The summed E-state index contributed by atoms with van der Waals surface area (Å²) in [6.45, 7) is 9.96. The van der Waals surface area contributed by atoms with E-state index in [0.29, 0.717) is 31.0 Å². The van der Waals surface area contributed by atoms with Gasteiger partial charge in [0, 0.05) is 31.7 Å². The molecule has 32 heavy (non-hydrogen) atoms. The van der Waals surface area contributed by atoms with Crippen LogP contribution in [0.4, 0.5) is 4.79 Å². The minimum absolute atomic E-state index is 0.112. The van der Waals surface area contributed by atoms with Crippen LogP contribution in [0.2, 0.25) is 0 Å². The molecule has 2 amide bonds. The highest BCUT2D eigenvalue weighted by molar-refractivity contribution is 6.37. The maximum atomic E-state index is 13.1. The van der Waals surface area contributed by atoms with Crippen molar-refractivity contribution in [3.63, 3.8) is 0 Å². The highest BCUT2D eigenvalue weighted by Crippen LogP contribution is 2.19. The smallest absolute Gasteiger partial charge is 0.407 e. The van der Waals surface area contributed by atoms with Crippen molar-refractivity contribution in [1.82, 2.24) is 15.6 Å². The van der Waals surface area contributed by atoms with Crippen LogP contribution in [0, 0.1) is 17.3 Å². The molecule has 2 unspecified atom stereocenters. The number of hydrogen-bond acceptors (Lipinski definition) is 7. The zero-order valence-corrected chi connectivity index (χ0v) is 19.7. The van der Waals surface area contributed by atoms with Gasteiger partial charge in [0.1, 0.15) is 6.26 Å². The Morgan fingerprint density at radius 2 is 2.00 bits per heavy atom. The summed E-state index contributed by atoms with van der Waals surface area (Å²) < 4.78 is 10.7. The molecule has 2 atom stereocenters. The molecule has 0 aromatic carbocycles. The van der Waals surface area contributed by atoms with E-state index in [-0.39, 0.29) is 36.6 Å². The van der Waals surface area contributed by atoms with Gasteiger partial charge in [0.05, 0.1) is 18.3 Å². The van der Waals surface area contributed by atoms with Gasteiger partial charge in [0.25, 0.3) is 5.91 Å². The second-order valence-electron chi connectivity index (χ2n) is 9.88. The average Bonchev–Trinajstić information content (AvgIpc) is 3.14. The van der Waals surface area contributed by atoms with Crippen LogP contribution >= 0.6 is 0 Å². The van der Waals surface area contributed by atoms with Crippen LogP contribution in [0.15, 0.2) is 10.7 Å². The van der Waals surface area contributed by atoms with Crippen LogP contribution in [0.5, 0.6) is 0 Å². The van der Waals surface area contributed by atoms with Gasteiger partial charge < -0.3 is 19.8 Å². The van der Waals surface area contributed by atoms with Crippen molar-refractivity contribution in [2.24, 2.45) is 17.3 Å². The molecule has 0 fully saturated rings. The minimum Gasteiger partial charge on any atom is -0.449 e. The first kappa shape index (κ1) is 25.5. The van der Waals surface area contributed by atoms with Crippen molar-refractivity contribution in [2.45, 2.75) is 72.8 Å². The van der Waals surface area contributed by atoms with Gasteiger partial charge in [-0.1, -0.05) is 34.6 Å². The molecule has 178 valence electrons. The fraction of sp³-hybridized carbons (Fsp3) is 0.696. The zero-order valence-electron chi connectivity index (χ0n) is 19.7. The molecule has 0 radical (unpaired) electrons. The number of fused-ring (bicyclic) bond motifs is 2. The fourth-order valence-electron chi connectivity index (χ4n) is 3.38. The molecule has 2 rings (SSSR count). The Kier molecular flexibility index (Phi) is 8.98. The maximum absolute atomic E-state index is 13.1. The highest BCUT2D eigenvalue weighted by atomic mass is 16.5.